The summed E-state index contributed by atoms with van der Waals surface area (Å²) in [4.78, 5) is 18.0. The first-order valence-electron chi connectivity index (χ1n) is 9.56. The Kier molecular flexibility index (Phi) is 5.81. The highest BCUT2D eigenvalue weighted by Crippen LogP contribution is 2.27. The Morgan fingerprint density at radius 2 is 1.73 bits per heavy atom. The number of nitrogens with zero attached hydrogens (tertiary/aromatic N) is 2. The molecule has 0 atom stereocenters. The highest BCUT2D eigenvalue weighted by molar-refractivity contribution is 7.89. The van der Waals surface area contributed by atoms with Gasteiger partial charge in [0.1, 0.15) is 0 Å². The molecule has 1 aliphatic heterocycles. The number of rotatable bonds is 4. The van der Waals surface area contributed by atoms with Crippen LogP contribution in [0.2, 0.25) is 10.0 Å². The van der Waals surface area contributed by atoms with Crippen LogP contribution in [0, 0.1) is 6.92 Å². The van der Waals surface area contributed by atoms with Crippen molar-refractivity contribution >= 4 is 50.0 Å². The third kappa shape index (κ3) is 3.95. The number of carbonyl (C=O) groups is 1. The first kappa shape index (κ1) is 21.2. The molecule has 0 unspecified atom stereocenters. The molecule has 1 amide bonds. The lowest BCUT2D eigenvalue weighted by Gasteiger charge is -2.34. The van der Waals surface area contributed by atoms with E-state index in [1.54, 1.807) is 4.90 Å². The predicted octanol–water partition coefficient (Wildman–Crippen LogP) is 3.86. The zero-order chi connectivity index (χ0) is 21.5. The second kappa shape index (κ2) is 8.23. The third-order valence-corrected chi connectivity index (χ3v) is 8.11. The van der Waals surface area contributed by atoms with Crippen molar-refractivity contribution in [3.8, 4) is 0 Å². The summed E-state index contributed by atoms with van der Waals surface area (Å²) < 4.78 is 27.2. The number of fused-ring (bicyclic) bond motifs is 1. The monoisotopic (exact) mass is 465 g/mol. The Morgan fingerprint density at radius 1 is 1.03 bits per heavy atom. The van der Waals surface area contributed by atoms with E-state index >= 15 is 0 Å². The van der Waals surface area contributed by atoms with Crippen molar-refractivity contribution in [2.24, 2.45) is 0 Å². The lowest BCUT2D eigenvalue weighted by molar-refractivity contribution is -0.131. The normalized spacial score (nSPS) is 15.6. The van der Waals surface area contributed by atoms with E-state index in [0.29, 0.717) is 18.1 Å². The molecule has 0 spiro atoms. The summed E-state index contributed by atoms with van der Waals surface area (Å²) in [6.45, 7) is 3.13. The van der Waals surface area contributed by atoms with E-state index < -0.39 is 10.0 Å². The number of aryl methyl sites for hydroxylation is 1. The molecule has 158 valence electrons. The number of nitrogens with one attached hydrogen (secondary N) is 1. The van der Waals surface area contributed by atoms with Crippen molar-refractivity contribution in [3.05, 3.63) is 63.8 Å². The molecule has 30 heavy (non-hydrogen) atoms. The van der Waals surface area contributed by atoms with Gasteiger partial charge in [-0.2, -0.15) is 4.31 Å². The summed E-state index contributed by atoms with van der Waals surface area (Å²) in [6, 6.07) is 12.2. The smallest absolute Gasteiger partial charge is 0.243 e. The molecule has 3 aromatic rings. The number of amides is 1. The van der Waals surface area contributed by atoms with Crippen LogP contribution in [0.1, 0.15) is 11.3 Å². The first-order valence-corrected chi connectivity index (χ1v) is 11.8. The van der Waals surface area contributed by atoms with Gasteiger partial charge in [-0.05, 0) is 36.8 Å². The van der Waals surface area contributed by atoms with E-state index in [0.717, 1.165) is 22.2 Å². The summed E-state index contributed by atoms with van der Waals surface area (Å²) >= 11 is 11.9. The van der Waals surface area contributed by atoms with E-state index in [1.165, 1.54) is 22.5 Å². The molecule has 0 radical (unpaired) electrons. The molecule has 4 rings (SSSR count). The van der Waals surface area contributed by atoms with Gasteiger partial charge in [-0.3, -0.25) is 4.79 Å². The van der Waals surface area contributed by atoms with Gasteiger partial charge in [0, 0.05) is 42.8 Å². The number of H-pyrrole nitrogens is 1. The largest absolute Gasteiger partial charge is 0.358 e. The zero-order valence-corrected chi connectivity index (χ0v) is 18.7. The SMILES string of the molecule is Cc1[nH]c2ccccc2c1CC(=O)N1CCN(S(=O)(=O)c2ccc(Cl)c(Cl)c2)CC1. The summed E-state index contributed by atoms with van der Waals surface area (Å²) in [5, 5.41) is 1.54. The second-order valence-corrected chi connectivity index (χ2v) is 10.1. The number of piperazine rings is 1. The van der Waals surface area contributed by atoms with Crippen molar-refractivity contribution < 1.29 is 13.2 Å². The van der Waals surface area contributed by atoms with Crippen LogP contribution < -0.4 is 0 Å². The number of hydrogen-bond donors (Lipinski definition) is 1. The standard InChI is InChI=1S/C21H21Cl2N3O3S/c1-14-17(16-4-2-3-5-20(16)24-14)13-21(27)25-8-10-26(11-9-25)30(28,29)15-6-7-18(22)19(23)12-15/h2-7,12,24H,8-11,13H2,1H3. The highest BCUT2D eigenvalue weighted by Gasteiger charge is 2.30. The van der Waals surface area contributed by atoms with Gasteiger partial charge in [0.05, 0.1) is 21.4 Å². The van der Waals surface area contributed by atoms with E-state index in [2.05, 4.69) is 4.98 Å². The van der Waals surface area contributed by atoms with E-state index in [4.69, 9.17) is 23.2 Å². The number of sulfonamides is 1. The topological polar surface area (TPSA) is 73.5 Å². The van der Waals surface area contributed by atoms with Crippen LogP contribution in [0.4, 0.5) is 0 Å². The Bertz CT molecular complexity index is 1220. The molecule has 1 aromatic heterocycles. The maximum absolute atomic E-state index is 12.9. The first-order chi connectivity index (χ1) is 14.3. The van der Waals surface area contributed by atoms with Gasteiger partial charge in [0.15, 0.2) is 0 Å². The number of hydrogen-bond acceptors (Lipinski definition) is 3. The lowest BCUT2D eigenvalue weighted by Crippen LogP contribution is -2.50. The third-order valence-electron chi connectivity index (χ3n) is 5.48. The molecular weight excluding hydrogens is 445 g/mol. The molecule has 1 aliphatic rings. The molecule has 0 bridgehead atoms. The van der Waals surface area contributed by atoms with Crippen molar-refractivity contribution in [1.82, 2.24) is 14.2 Å². The van der Waals surface area contributed by atoms with Crippen LogP contribution in [0.5, 0.6) is 0 Å². The van der Waals surface area contributed by atoms with Crippen LogP contribution in [-0.2, 0) is 21.2 Å². The van der Waals surface area contributed by atoms with Crippen molar-refractivity contribution in [3.63, 3.8) is 0 Å². The molecule has 1 fully saturated rings. The predicted molar refractivity (Wildman–Crippen MR) is 119 cm³/mol. The molecule has 9 heteroatoms. The Morgan fingerprint density at radius 3 is 2.43 bits per heavy atom. The number of aromatic amines is 1. The summed E-state index contributed by atoms with van der Waals surface area (Å²) in [5.74, 6) is -0.00515. The number of halogens is 2. The van der Waals surface area contributed by atoms with Crippen LogP contribution in [0.3, 0.4) is 0 Å². The zero-order valence-electron chi connectivity index (χ0n) is 16.4. The summed E-state index contributed by atoms with van der Waals surface area (Å²) in [5.41, 5.74) is 2.97. The molecular formula is C21H21Cl2N3O3S. The number of para-hydroxylation sites is 1. The minimum atomic E-state index is -3.69. The van der Waals surface area contributed by atoms with Gasteiger partial charge in [0.2, 0.25) is 15.9 Å². The molecule has 2 aromatic carbocycles. The molecule has 1 N–H and O–H groups in total. The van der Waals surface area contributed by atoms with Crippen LogP contribution in [-0.4, -0.2) is 54.7 Å². The van der Waals surface area contributed by atoms with Crippen molar-refractivity contribution in [1.29, 1.82) is 0 Å². The number of carbonyl (C=O) groups excluding carboxylic acids is 1. The Labute approximate surface area is 185 Å². The van der Waals surface area contributed by atoms with Gasteiger partial charge >= 0.3 is 0 Å². The number of aromatic nitrogens is 1. The molecule has 2 heterocycles. The van der Waals surface area contributed by atoms with Crippen molar-refractivity contribution in [2.45, 2.75) is 18.2 Å². The maximum Gasteiger partial charge on any atom is 0.243 e. The second-order valence-electron chi connectivity index (χ2n) is 7.31. The van der Waals surface area contributed by atoms with Crippen LogP contribution >= 0.6 is 23.2 Å². The molecule has 1 saturated heterocycles. The molecule has 6 nitrogen and oxygen atoms in total. The maximum atomic E-state index is 12.9. The van der Waals surface area contributed by atoms with Gasteiger partial charge in [-0.15, -0.1) is 0 Å². The van der Waals surface area contributed by atoms with E-state index in [1.807, 2.05) is 31.2 Å². The number of benzene rings is 2. The minimum absolute atomic E-state index is 0.00515. The molecule has 0 aliphatic carbocycles. The minimum Gasteiger partial charge on any atom is -0.358 e. The van der Waals surface area contributed by atoms with Crippen LogP contribution in [0.15, 0.2) is 47.4 Å². The van der Waals surface area contributed by atoms with Crippen molar-refractivity contribution in [2.75, 3.05) is 26.2 Å². The van der Waals surface area contributed by atoms with Gasteiger partial charge in [-0.25, -0.2) is 8.42 Å². The van der Waals surface area contributed by atoms with E-state index in [-0.39, 0.29) is 35.3 Å². The highest BCUT2D eigenvalue weighted by atomic mass is 35.5. The Balaban J connectivity index is 1.44. The lowest BCUT2D eigenvalue weighted by atomic mass is 10.1. The average molecular weight is 466 g/mol. The summed E-state index contributed by atoms with van der Waals surface area (Å²) in [7, 11) is -3.69. The average Bonchev–Trinajstić information content (AvgIpc) is 3.05. The van der Waals surface area contributed by atoms with Gasteiger partial charge in [0.25, 0.3) is 0 Å². The Hall–Kier alpha value is -2.06. The fourth-order valence-electron chi connectivity index (χ4n) is 3.79. The van der Waals surface area contributed by atoms with E-state index in [9.17, 15) is 13.2 Å². The fourth-order valence-corrected chi connectivity index (χ4v) is 5.60. The van der Waals surface area contributed by atoms with Gasteiger partial charge < -0.3 is 9.88 Å². The quantitative estimate of drug-likeness (QED) is 0.635. The fraction of sp³-hybridized carbons (Fsp3) is 0.286. The summed E-state index contributed by atoms with van der Waals surface area (Å²) in [6.07, 6.45) is 0.287. The van der Waals surface area contributed by atoms with Crippen LogP contribution in [0.25, 0.3) is 10.9 Å². The molecule has 0 saturated carbocycles. The van der Waals surface area contributed by atoms with Gasteiger partial charge in [-0.1, -0.05) is 41.4 Å².